The number of hydrogen-bond donors (Lipinski definition) is 0. The molecule has 0 aliphatic rings. The van der Waals surface area contributed by atoms with E-state index in [0.717, 1.165) is 0 Å². The number of carbonyl (C=O) groups is 1. The van der Waals surface area contributed by atoms with Crippen LogP contribution >= 0.6 is 11.3 Å². The minimum Gasteiger partial charge on any atom is -0.278 e. The van der Waals surface area contributed by atoms with Gasteiger partial charge in [0.15, 0.2) is 5.13 Å². The van der Waals surface area contributed by atoms with Crippen LogP contribution in [0.25, 0.3) is 16.3 Å². The number of nitrogens with zero attached hydrogens (tertiary/aromatic N) is 4. The van der Waals surface area contributed by atoms with E-state index in [9.17, 15) is 19.3 Å². The van der Waals surface area contributed by atoms with Gasteiger partial charge in [0.1, 0.15) is 11.3 Å². The molecule has 0 atom stereocenters. The molecule has 0 unspecified atom stereocenters. The van der Waals surface area contributed by atoms with Crippen molar-refractivity contribution in [3.63, 3.8) is 0 Å². The maximum absolute atomic E-state index is 14.1. The monoisotopic (exact) mass is 434 g/mol. The van der Waals surface area contributed by atoms with Crippen molar-refractivity contribution >= 4 is 44.4 Å². The van der Waals surface area contributed by atoms with Crippen LogP contribution in [0.1, 0.15) is 11.3 Å². The van der Waals surface area contributed by atoms with E-state index in [2.05, 4.69) is 9.97 Å². The molecule has 0 aliphatic carbocycles. The van der Waals surface area contributed by atoms with Gasteiger partial charge < -0.3 is 0 Å². The summed E-state index contributed by atoms with van der Waals surface area (Å²) in [6.45, 7) is 0.158. The normalized spacial score (nSPS) is 11.1. The molecule has 2 aromatic heterocycles. The van der Waals surface area contributed by atoms with E-state index in [1.165, 1.54) is 40.5 Å². The van der Waals surface area contributed by atoms with Crippen LogP contribution in [0.5, 0.6) is 0 Å². The summed E-state index contributed by atoms with van der Waals surface area (Å²) < 4.78 is 14.7. The minimum absolute atomic E-state index is 0.0308. The highest BCUT2D eigenvalue weighted by Crippen LogP contribution is 2.31. The largest absolute Gasteiger partial charge is 0.278 e. The zero-order valence-electron chi connectivity index (χ0n) is 16.0. The van der Waals surface area contributed by atoms with Crippen molar-refractivity contribution in [3.05, 3.63) is 100 Å². The fourth-order valence-electron chi connectivity index (χ4n) is 2.88. The van der Waals surface area contributed by atoms with Crippen molar-refractivity contribution in [2.24, 2.45) is 0 Å². The van der Waals surface area contributed by atoms with Gasteiger partial charge in [-0.1, -0.05) is 23.5 Å². The van der Waals surface area contributed by atoms with E-state index in [-0.39, 0.29) is 23.7 Å². The third-order valence-electron chi connectivity index (χ3n) is 4.42. The number of benzene rings is 2. The summed E-state index contributed by atoms with van der Waals surface area (Å²) in [6, 6.07) is 15.9. The number of thiazole rings is 1. The van der Waals surface area contributed by atoms with Gasteiger partial charge in [0.05, 0.1) is 21.9 Å². The van der Waals surface area contributed by atoms with Gasteiger partial charge in [-0.3, -0.25) is 24.8 Å². The number of amides is 1. The molecule has 0 aliphatic heterocycles. The van der Waals surface area contributed by atoms with Gasteiger partial charge in [-0.25, -0.2) is 9.37 Å². The highest BCUT2D eigenvalue weighted by molar-refractivity contribution is 7.22. The molecule has 0 saturated carbocycles. The number of rotatable bonds is 6. The number of carbonyl (C=O) groups excluding carboxylic acids is 1. The SMILES string of the molecule is O=C(/C=C/c1ccc([N+](=O)[O-])cc1)N(Cc1ccccn1)c1nc2c(F)cccc2s1. The molecule has 0 radical (unpaired) electrons. The molecule has 0 saturated heterocycles. The Balaban J connectivity index is 1.65. The topological polar surface area (TPSA) is 89.2 Å². The first-order valence-electron chi connectivity index (χ1n) is 9.20. The number of para-hydroxylation sites is 1. The number of hydrogen-bond acceptors (Lipinski definition) is 6. The number of nitro groups is 1. The van der Waals surface area contributed by atoms with E-state index in [4.69, 9.17) is 0 Å². The summed E-state index contributed by atoms with van der Waals surface area (Å²) >= 11 is 1.21. The van der Waals surface area contributed by atoms with E-state index >= 15 is 0 Å². The van der Waals surface area contributed by atoms with Crippen LogP contribution in [0.15, 0.2) is 72.9 Å². The number of non-ortho nitro benzene ring substituents is 1. The Bertz CT molecular complexity index is 1270. The summed E-state index contributed by atoms with van der Waals surface area (Å²) in [4.78, 5) is 33.3. The summed E-state index contributed by atoms with van der Waals surface area (Å²) in [7, 11) is 0. The zero-order valence-corrected chi connectivity index (χ0v) is 16.8. The quantitative estimate of drug-likeness (QED) is 0.242. The maximum atomic E-state index is 14.1. The van der Waals surface area contributed by atoms with Crippen LogP contribution in [0, 0.1) is 15.9 Å². The van der Waals surface area contributed by atoms with E-state index in [1.807, 2.05) is 6.07 Å². The molecule has 1 amide bonds. The van der Waals surface area contributed by atoms with Gasteiger partial charge in [0, 0.05) is 24.4 Å². The first-order valence-corrected chi connectivity index (χ1v) is 10.0. The van der Waals surface area contributed by atoms with Crippen molar-refractivity contribution in [2.75, 3.05) is 4.90 Å². The Morgan fingerprint density at radius 1 is 1.13 bits per heavy atom. The fourth-order valence-corrected chi connectivity index (χ4v) is 3.86. The van der Waals surface area contributed by atoms with Crippen LogP contribution in [-0.4, -0.2) is 20.8 Å². The highest BCUT2D eigenvalue weighted by Gasteiger charge is 2.20. The Kier molecular flexibility index (Phi) is 5.76. The number of aromatic nitrogens is 2. The molecule has 0 spiro atoms. The third-order valence-corrected chi connectivity index (χ3v) is 5.47. The lowest BCUT2D eigenvalue weighted by Crippen LogP contribution is -2.29. The highest BCUT2D eigenvalue weighted by atomic mass is 32.1. The van der Waals surface area contributed by atoms with Crippen LogP contribution in [0.3, 0.4) is 0 Å². The number of anilines is 1. The average molecular weight is 434 g/mol. The van der Waals surface area contributed by atoms with Crippen molar-refractivity contribution in [1.82, 2.24) is 9.97 Å². The third kappa shape index (κ3) is 4.62. The van der Waals surface area contributed by atoms with E-state index in [0.29, 0.717) is 21.1 Å². The first kappa shape index (κ1) is 20.3. The summed E-state index contributed by atoms with van der Waals surface area (Å²) in [5.41, 5.74) is 1.46. The minimum atomic E-state index is -0.487. The van der Waals surface area contributed by atoms with Gasteiger partial charge in [0.25, 0.3) is 11.6 Å². The molecule has 4 aromatic rings. The Morgan fingerprint density at radius 3 is 2.61 bits per heavy atom. The van der Waals surface area contributed by atoms with Crippen LogP contribution in [0.4, 0.5) is 15.2 Å². The molecule has 4 rings (SSSR count). The lowest BCUT2D eigenvalue weighted by atomic mass is 10.2. The van der Waals surface area contributed by atoms with Crippen LogP contribution in [-0.2, 0) is 11.3 Å². The second-order valence-corrected chi connectivity index (χ2v) is 7.52. The smallest absolute Gasteiger partial charge is 0.269 e. The number of halogens is 1. The predicted octanol–water partition coefficient (Wildman–Crippen LogP) is 4.99. The maximum Gasteiger partial charge on any atom is 0.269 e. The first-order chi connectivity index (χ1) is 15.0. The predicted molar refractivity (Wildman–Crippen MR) is 117 cm³/mol. The van der Waals surface area contributed by atoms with E-state index in [1.54, 1.807) is 48.7 Å². The summed E-state index contributed by atoms with van der Waals surface area (Å²) in [5, 5.41) is 11.1. The van der Waals surface area contributed by atoms with Crippen molar-refractivity contribution in [1.29, 1.82) is 0 Å². The average Bonchev–Trinajstić information content (AvgIpc) is 3.22. The second-order valence-electron chi connectivity index (χ2n) is 6.51. The number of nitro benzene ring substituents is 1. The molecular weight excluding hydrogens is 419 g/mol. The second kappa shape index (κ2) is 8.80. The van der Waals surface area contributed by atoms with Gasteiger partial charge in [-0.05, 0) is 48.0 Å². The molecule has 31 heavy (non-hydrogen) atoms. The molecule has 2 aromatic carbocycles. The van der Waals surface area contributed by atoms with E-state index < -0.39 is 10.7 Å². The summed E-state index contributed by atoms with van der Waals surface area (Å²) in [6.07, 6.45) is 4.54. The summed E-state index contributed by atoms with van der Waals surface area (Å²) in [5.74, 6) is -0.824. The molecular formula is C22H15FN4O3S. The number of fused-ring (bicyclic) bond motifs is 1. The van der Waals surface area contributed by atoms with Gasteiger partial charge >= 0.3 is 0 Å². The lowest BCUT2D eigenvalue weighted by molar-refractivity contribution is -0.384. The van der Waals surface area contributed by atoms with Crippen LogP contribution in [0.2, 0.25) is 0 Å². The molecule has 0 bridgehead atoms. The Hall–Kier alpha value is -3.98. The van der Waals surface area contributed by atoms with Crippen molar-refractivity contribution < 1.29 is 14.1 Å². The van der Waals surface area contributed by atoms with Gasteiger partial charge in [-0.15, -0.1) is 0 Å². The van der Waals surface area contributed by atoms with Crippen molar-refractivity contribution in [2.45, 2.75) is 6.54 Å². The molecule has 7 nitrogen and oxygen atoms in total. The Labute approximate surface area is 180 Å². The Morgan fingerprint density at radius 2 is 1.94 bits per heavy atom. The molecule has 154 valence electrons. The molecule has 2 heterocycles. The van der Waals surface area contributed by atoms with Gasteiger partial charge in [-0.2, -0.15) is 0 Å². The van der Waals surface area contributed by atoms with Gasteiger partial charge in [0.2, 0.25) is 0 Å². The van der Waals surface area contributed by atoms with Crippen LogP contribution < -0.4 is 4.90 Å². The lowest BCUT2D eigenvalue weighted by Gasteiger charge is -2.17. The molecule has 9 heteroatoms. The molecule has 0 fully saturated rings. The standard InChI is InChI=1S/C22H15FN4O3S/c23-18-5-3-6-19-21(18)25-22(31-19)26(14-16-4-1-2-13-24-16)20(28)12-9-15-7-10-17(11-8-15)27(29)30/h1-13H,14H2/b12-9+. The fraction of sp³-hybridized carbons (Fsp3) is 0.0455. The zero-order chi connectivity index (χ0) is 21.8. The molecule has 0 N–H and O–H groups in total. The van der Waals surface area contributed by atoms with Crippen molar-refractivity contribution in [3.8, 4) is 0 Å². The number of pyridine rings is 1.